The van der Waals surface area contributed by atoms with Gasteiger partial charge in [0.2, 0.25) is 0 Å². The predicted molar refractivity (Wildman–Crippen MR) is 112 cm³/mol. The molecule has 1 aliphatic carbocycles. The molecule has 3 rings (SSSR count). The van der Waals surface area contributed by atoms with E-state index in [-0.39, 0.29) is 5.75 Å². The highest BCUT2D eigenvalue weighted by Gasteiger charge is 2.41. The highest BCUT2D eigenvalue weighted by molar-refractivity contribution is 5.78. The minimum absolute atomic E-state index is 0.119. The third-order valence-electron chi connectivity index (χ3n) is 6.01. The monoisotopic (exact) mass is 418 g/mol. The fourth-order valence-electron chi connectivity index (χ4n) is 4.18. The lowest BCUT2D eigenvalue weighted by Crippen LogP contribution is -2.27. The van der Waals surface area contributed by atoms with E-state index in [4.69, 9.17) is 0 Å². The number of esters is 1. The van der Waals surface area contributed by atoms with Crippen LogP contribution in [-0.4, -0.2) is 12.1 Å². The van der Waals surface area contributed by atoms with Crippen LogP contribution in [0.5, 0.6) is 5.75 Å². The molecule has 0 heterocycles. The maximum Gasteiger partial charge on any atom is 0.491 e. The Morgan fingerprint density at radius 2 is 1.47 bits per heavy atom. The molecule has 1 fully saturated rings. The Hall–Kier alpha value is -2.30. The maximum absolute atomic E-state index is 12.3. The van der Waals surface area contributed by atoms with Gasteiger partial charge in [-0.2, -0.15) is 13.2 Å². The van der Waals surface area contributed by atoms with Gasteiger partial charge in [-0.15, -0.1) is 0 Å². The molecule has 0 amide bonds. The summed E-state index contributed by atoms with van der Waals surface area (Å²) in [6.07, 6.45) is 2.75. The topological polar surface area (TPSA) is 26.3 Å². The van der Waals surface area contributed by atoms with E-state index in [2.05, 4.69) is 42.8 Å². The zero-order chi connectivity index (χ0) is 21.7. The SMILES string of the molecule is CC(C)CCC1CCC(c2ccc(-c3ccc(OC(=O)C(F)(F)F)cc3)cc2)CC1. The van der Waals surface area contributed by atoms with Crippen LogP contribution in [-0.2, 0) is 4.79 Å². The van der Waals surface area contributed by atoms with E-state index in [0.717, 1.165) is 23.0 Å². The average molecular weight is 418 g/mol. The first-order chi connectivity index (χ1) is 14.2. The molecule has 1 aliphatic rings. The first-order valence-corrected chi connectivity index (χ1v) is 10.7. The van der Waals surface area contributed by atoms with E-state index in [1.807, 2.05) is 0 Å². The maximum atomic E-state index is 12.3. The molecule has 0 aliphatic heterocycles. The van der Waals surface area contributed by atoms with Crippen LogP contribution in [0.2, 0.25) is 0 Å². The van der Waals surface area contributed by atoms with Gasteiger partial charge in [-0.25, -0.2) is 4.79 Å². The van der Waals surface area contributed by atoms with Crippen molar-refractivity contribution < 1.29 is 22.7 Å². The molecule has 162 valence electrons. The van der Waals surface area contributed by atoms with Gasteiger partial charge >= 0.3 is 12.1 Å². The van der Waals surface area contributed by atoms with Crippen molar-refractivity contribution in [3.8, 4) is 16.9 Å². The highest BCUT2D eigenvalue weighted by atomic mass is 19.4. The van der Waals surface area contributed by atoms with Gasteiger partial charge in [0.25, 0.3) is 0 Å². The van der Waals surface area contributed by atoms with Crippen LogP contribution in [0, 0.1) is 11.8 Å². The van der Waals surface area contributed by atoms with E-state index in [1.54, 1.807) is 12.1 Å². The lowest BCUT2D eigenvalue weighted by molar-refractivity contribution is -0.189. The van der Waals surface area contributed by atoms with Gasteiger partial charge in [-0.05, 0) is 72.3 Å². The number of carbonyl (C=O) groups excluding carboxylic acids is 1. The van der Waals surface area contributed by atoms with Gasteiger partial charge in [-0.3, -0.25) is 0 Å². The second kappa shape index (κ2) is 9.67. The van der Waals surface area contributed by atoms with E-state index < -0.39 is 12.1 Å². The Morgan fingerprint density at radius 1 is 0.933 bits per heavy atom. The van der Waals surface area contributed by atoms with Crippen molar-refractivity contribution in [1.29, 1.82) is 0 Å². The van der Waals surface area contributed by atoms with Crippen LogP contribution in [0.1, 0.15) is 63.9 Å². The smallest absolute Gasteiger partial charge is 0.420 e. The van der Waals surface area contributed by atoms with Crippen LogP contribution in [0.15, 0.2) is 48.5 Å². The molecule has 0 spiro atoms. The number of ether oxygens (including phenoxy) is 1. The number of benzene rings is 2. The first-order valence-electron chi connectivity index (χ1n) is 10.7. The zero-order valence-corrected chi connectivity index (χ0v) is 17.5. The summed E-state index contributed by atoms with van der Waals surface area (Å²) < 4.78 is 41.2. The lowest BCUT2D eigenvalue weighted by atomic mass is 9.76. The molecule has 5 heteroatoms. The van der Waals surface area contributed by atoms with Crippen molar-refractivity contribution in [2.24, 2.45) is 11.8 Å². The highest BCUT2D eigenvalue weighted by Crippen LogP contribution is 2.38. The molecule has 0 unspecified atom stereocenters. The molecular formula is C25H29F3O2. The summed E-state index contributed by atoms with van der Waals surface area (Å²) in [6, 6.07) is 14.5. The van der Waals surface area contributed by atoms with Crippen molar-refractivity contribution in [2.45, 2.75) is 64.5 Å². The molecule has 1 saturated carbocycles. The largest absolute Gasteiger partial charge is 0.491 e. The summed E-state index contributed by atoms with van der Waals surface area (Å²) in [4.78, 5) is 10.9. The van der Waals surface area contributed by atoms with Crippen LogP contribution < -0.4 is 4.74 Å². The van der Waals surface area contributed by atoms with Crippen LogP contribution in [0.3, 0.4) is 0 Å². The number of rotatable bonds is 6. The third-order valence-corrected chi connectivity index (χ3v) is 6.01. The van der Waals surface area contributed by atoms with Gasteiger partial charge in [0.1, 0.15) is 5.75 Å². The lowest BCUT2D eigenvalue weighted by Gasteiger charge is -2.29. The molecule has 30 heavy (non-hydrogen) atoms. The van der Waals surface area contributed by atoms with Gasteiger partial charge in [0, 0.05) is 0 Å². The Balaban J connectivity index is 1.56. The average Bonchev–Trinajstić information content (AvgIpc) is 2.73. The number of carbonyl (C=O) groups is 1. The molecule has 0 atom stereocenters. The second-order valence-electron chi connectivity index (χ2n) is 8.72. The molecule has 2 aromatic carbocycles. The number of alkyl halides is 3. The van der Waals surface area contributed by atoms with Crippen molar-refractivity contribution in [1.82, 2.24) is 0 Å². The fourth-order valence-corrected chi connectivity index (χ4v) is 4.18. The van der Waals surface area contributed by atoms with E-state index in [9.17, 15) is 18.0 Å². The van der Waals surface area contributed by atoms with Gasteiger partial charge < -0.3 is 4.74 Å². The summed E-state index contributed by atoms with van der Waals surface area (Å²) in [5, 5.41) is 0. The molecule has 0 bridgehead atoms. The normalized spacial score (nSPS) is 19.7. The molecule has 0 aromatic heterocycles. The molecule has 0 saturated heterocycles. The van der Waals surface area contributed by atoms with E-state index >= 15 is 0 Å². The van der Waals surface area contributed by atoms with Crippen LogP contribution in [0.4, 0.5) is 13.2 Å². The standard InChI is InChI=1S/C25H29F3O2/c1-17(2)3-4-18-5-7-19(8-6-18)20-9-11-21(12-10-20)22-13-15-23(16-14-22)30-24(29)25(26,27)28/h9-19H,3-8H2,1-2H3. The summed E-state index contributed by atoms with van der Waals surface area (Å²) in [7, 11) is 0. The third kappa shape index (κ3) is 6.10. The summed E-state index contributed by atoms with van der Waals surface area (Å²) in [5.41, 5.74) is 3.21. The Kier molecular flexibility index (Phi) is 7.22. The Morgan fingerprint density at radius 3 is 1.97 bits per heavy atom. The number of hydrogen-bond donors (Lipinski definition) is 0. The number of hydrogen-bond acceptors (Lipinski definition) is 2. The summed E-state index contributed by atoms with van der Waals surface area (Å²) >= 11 is 0. The van der Waals surface area contributed by atoms with Crippen molar-refractivity contribution in [3.63, 3.8) is 0 Å². The minimum Gasteiger partial charge on any atom is -0.420 e. The first kappa shape index (κ1) is 22.4. The quantitative estimate of drug-likeness (QED) is 0.358. The molecule has 0 radical (unpaired) electrons. The number of halogens is 3. The van der Waals surface area contributed by atoms with Crippen molar-refractivity contribution in [3.05, 3.63) is 54.1 Å². The zero-order valence-electron chi connectivity index (χ0n) is 17.5. The Labute approximate surface area is 176 Å². The van der Waals surface area contributed by atoms with Crippen molar-refractivity contribution >= 4 is 5.97 Å². The van der Waals surface area contributed by atoms with Crippen LogP contribution >= 0.6 is 0 Å². The molecule has 2 nitrogen and oxygen atoms in total. The predicted octanol–water partition coefficient (Wildman–Crippen LogP) is 7.53. The van der Waals surface area contributed by atoms with Crippen LogP contribution in [0.25, 0.3) is 11.1 Å². The fraction of sp³-hybridized carbons (Fsp3) is 0.480. The van der Waals surface area contributed by atoms with E-state index in [0.29, 0.717) is 5.92 Å². The molecule has 2 aromatic rings. The minimum atomic E-state index is -5.00. The molecular weight excluding hydrogens is 389 g/mol. The summed E-state index contributed by atoms with van der Waals surface area (Å²) in [6.45, 7) is 4.58. The van der Waals surface area contributed by atoms with Gasteiger partial charge in [0.05, 0.1) is 0 Å². The summed E-state index contributed by atoms with van der Waals surface area (Å²) in [5.74, 6) is -0.0714. The van der Waals surface area contributed by atoms with E-state index in [1.165, 1.54) is 56.2 Å². The molecule has 0 N–H and O–H groups in total. The van der Waals surface area contributed by atoms with Crippen molar-refractivity contribution in [2.75, 3.05) is 0 Å². The second-order valence-corrected chi connectivity index (χ2v) is 8.72. The van der Waals surface area contributed by atoms with Gasteiger partial charge in [-0.1, -0.05) is 63.1 Å². The van der Waals surface area contributed by atoms with Gasteiger partial charge in [0.15, 0.2) is 0 Å². The Bertz CT molecular complexity index is 815.